The van der Waals surface area contributed by atoms with E-state index in [0.717, 1.165) is 22.5 Å². The summed E-state index contributed by atoms with van der Waals surface area (Å²) in [4.78, 5) is 24.8. The van der Waals surface area contributed by atoms with E-state index in [9.17, 15) is 31.5 Å². The smallest absolute Gasteiger partial charge is 0.321 e. The molecule has 2 unspecified atom stereocenters. The second-order valence-corrected chi connectivity index (χ2v) is 16.1. The Kier molecular flexibility index (Phi) is 9.27. The number of amides is 1. The number of aryl methyl sites for hydroxylation is 1. The molecule has 0 fully saturated rings. The minimum absolute atomic E-state index is 0.0389. The highest BCUT2D eigenvalue weighted by Crippen LogP contribution is 2.34. The van der Waals surface area contributed by atoms with Gasteiger partial charge in [-0.1, -0.05) is 63.3 Å². The first kappa shape index (κ1) is 33.1. The number of carbonyl (C=O) groups is 2. The largest absolute Gasteiger partial charge is 0.480 e. The van der Waals surface area contributed by atoms with Crippen molar-refractivity contribution in [3.63, 3.8) is 0 Å². The Morgan fingerprint density at radius 1 is 1.00 bits per heavy atom. The van der Waals surface area contributed by atoms with Gasteiger partial charge >= 0.3 is 5.97 Å². The summed E-state index contributed by atoms with van der Waals surface area (Å²) in [5.74, 6) is -2.57. The number of nitrogens with one attached hydrogen (secondary N) is 3. The summed E-state index contributed by atoms with van der Waals surface area (Å²) >= 11 is 1.09. The van der Waals surface area contributed by atoms with Crippen LogP contribution in [0, 0.1) is 18.8 Å². The van der Waals surface area contributed by atoms with Gasteiger partial charge in [-0.05, 0) is 65.6 Å². The number of aliphatic carboxylic acids is 1. The van der Waals surface area contributed by atoms with Gasteiger partial charge in [0.05, 0.1) is 10.9 Å². The molecule has 0 radical (unpaired) electrons. The molecule has 0 saturated carbocycles. The SMILES string of the molecule is Cc1c(C(=O)Nc2ccc(C3=CC(C)C(S(=O)(=O)N[C@H](C(=O)O)C(C)C)C=C3)cc2)oc2cccc(NS(=O)(=O)c3cccs3)c12. The molecule has 2 aromatic heterocycles. The van der Waals surface area contributed by atoms with Crippen molar-refractivity contribution < 1.29 is 35.9 Å². The predicted octanol–water partition coefficient (Wildman–Crippen LogP) is 5.84. The molecular formula is C32H33N3O8S3. The maximum absolute atomic E-state index is 13.2. The molecule has 1 aliphatic rings. The van der Waals surface area contributed by atoms with Crippen molar-refractivity contribution in [3.05, 3.63) is 95.1 Å². The molecule has 11 nitrogen and oxygen atoms in total. The highest BCUT2D eigenvalue weighted by atomic mass is 32.2. The topological polar surface area (TPSA) is 172 Å². The van der Waals surface area contributed by atoms with E-state index in [1.54, 1.807) is 93.8 Å². The van der Waals surface area contributed by atoms with Gasteiger partial charge in [-0.15, -0.1) is 11.3 Å². The van der Waals surface area contributed by atoms with Crippen molar-refractivity contribution in [1.82, 2.24) is 4.72 Å². The van der Waals surface area contributed by atoms with Crippen LogP contribution < -0.4 is 14.8 Å². The molecule has 2 heterocycles. The standard InChI is InChI=1S/C32H33N3O8S3/c1-18(2)29(32(37)38)35-45(39,40)26-15-12-22(17-19(26)3)21-10-13-23(14-11-21)33-31(36)30-20(4)28-24(7-5-8-25(28)43-30)34-46(41,42)27-9-6-16-44-27/h5-19,26,29,34-35H,1-4H3,(H,33,36)(H,37,38)/t19?,26?,29-/m0/s1. The number of carbonyl (C=O) groups excluding carboxylic acids is 1. The number of hydrogen-bond acceptors (Lipinski definition) is 8. The summed E-state index contributed by atoms with van der Waals surface area (Å²) in [6.07, 6.45) is 5.05. The number of fused-ring (bicyclic) bond motifs is 1. The van der Waals surface area contributed by atoms with E-state index in [2.05, 4.69) is 14.8 Å². The molecule has 4 N–H and O–H groups in total. The molecule has 0 saturated heterocycles. The number of carboxylic acids is 1. The lowest BCUT2D eigenvalue weighted by Gasteiger charge is -2.26. The Bertz CT molecular complexity index is 2060. The Labute approximate surface area is 271 Å². The minimum Gasteiger partial charge on any atom is -0.480 e. The van der Waals surface area contributed by atoms with Crippen LogP contribution in [0.3, 0.4) is 0 Å². The summed E-state index contributed by atoms with van der Waals surface area (Å²) in [7, 11) is -7.78. The zero-order valence-electron chi connectivity index (χ0n) is 25.3. The van der Waals surface area contributed by atoms with Crippen LogP contribution in [0.4, 0.5) is 11.4 Å². The van der Waals surface area contributed by atoms with Crippen LogP contribution >= 0.6 is 11.3 Å². The summed E-state index contributed by atoms with van der Waals surface area (Å²) in [5, 5.41) is 13.4. The quantitative estimate of drug-likeness (QED) is 0.153. The third kappa shape index (κ3) is 6.79. The molecule has 0 aliphatic heterocycles. The fourth-order valence-corrected chi connectivity index (χ4v) is 9.14. The van der Waals surface area contributed by atoms with Gasteiger partial charge in [-0.3, -0.25) is 14.3 Å². The summed E-state index contributed by atoms with van der Waals surface area (Å²) in [6, 6.07) is 13.8. The number of rotatable bonds is 11. The molecule has 0 bridgehead atoms. The van der Waals surface area contributed by atoms with Gasteiger partial charge in [0.15, 0.2) is 5.76 Å². The fourth-order valence-electron chi connectivity index (χ4n) is 5.26. The number of carboxylic acid groups (broad SMARTS) is 1. The summed E-state index contributed by atoms with van der Waals surface area (Å²) < 4.78 is 62.6. The third-order valence-electron chi connectivity index (χ3n) is 7.65. The number of furan rings is 1. The van der Waals surface area contributed by atoms with Crippen molar-refractivity contribution in [3.8, 4) is 0 Å². The molecule has 3 atom stereocenters. The molecule has 2 aromatic carbocycles. The van der Waals surface area contributed by atoms with Crippen molar-refractivity contribution in [1.29, 1.82) is 0 Å². The Balaban J connectivity index is 1.29. The molecule has 14 heteroatoms. The maximum atomic E-state index is 13.2. The average Bonchev–Trinajstić information content (AvgIpc) is 3.66. The van der Waals surface area contributed by atoms with Gasteiger partial charge in [-0.2, -0.15) is 0 Å². The van der Waals surface area contributed by atoms with Gasteiger partial charge in [0.25, 0.3) is 15.9 Å². The van der Waals surface area contributed by atoms with Crippen LogP contribution in [0.1, 0.15) is 42.5 Å². The predicted molar refractivity (Wildman–Crippen MR) is 179 cm³/mol. The van der Waals surface area contributed by atoms with E-state index in [1.807, 2.05) is 6.08 Å². The van der Waals surface area contributed by atoms with E-state index in [1.165, 1.54) is 6.07 Å². The van der Waals surface area contributed by atoms with Crippen molar-refractivity contribution >= 4 is 71.2 Å². The van der Waals surface area contributed by atoms with Gasteiger partial charge in [0.2, 0.25) is 10.0 Å². The van der Waals surface area contributed by atoms with Crippen LogP contribution in [-0.4, -0.2) is 45.1 Å². The molecule has 1 aliphatic carbocycles. The van der Waals surface area contributed by atoms with Gasteiger partial charge in [0.1, 0.15) is 15.8 Å². The van der Waals surface area contributed by atoms with Crippen LogP contribution in [-0.2, 0) is 24.8 Å². The maximum Gasteiger partial charge on any atom is 0.321 e. The first-order valence-electron chi connectivity index (χ1n) is 14.3. The summed E-state index contributed by atoms with van der Waals surface area (Å²) in [6.45, 7) is 6.71. The average molecular weight is 684 g/mol. The number of allylic oxidation sites excluding steroid dienone is 3. The van der Waals surface area contributed by atoms with Crippen LogP contribution in [0.2, 0.25) is 0 Å². The van der Waals surface area contributed by atoms with E-state index in [-0.39, 0.29) is 9.97 Å². The van der Waals surface area contributed by atoms with Gasteiger partial charge < -0.3 is 14.8 Å². The molecule has 4 aromatic rings. The Morgan fingerprint density at radius 3 is 2.33 bits per heavy atom. The van der Waals surface area contributed by atoms with E-state index in [4.69, 9.17) is 4.42 Å². The number of benzene rings is 2. The van der Waals surface area contributed by atoms with E-state index < -0.39 is 55.1 Å². The second kappa shape index (κ2) is 12.9. The lowest BCUT2D eigenvalue weighted by molar-refractivity contribution is -0.140. The van der Waals surface area contributed by atoms with Gasteiger partial charge in [0, 0.05) is 16.6 Å². The molecule has 242 valence electrons. The normalized spacial score (nSPS) is 17.5. The highest BCUT2D eigenvalue weighted by Gasteiger charge is 2.35. The number of thiophene rings is 1. The minimum atomic E-state index is -3.96. The molecule has 5 rings (SSSR count). The number of hydrogen-bond donors (Lipinski definition) is 4. The second-order valence-electron chi connectivity index (χ2n) is 11.3. The Morgan fingerprint density at radius 2 is 1.72 bits per heavy atom. The van der Waals surface area contributed by atoms with Crippen LogP contribution in [0.5, 0.6) is 0 Å². The van der Waals surface area contributed by atoms with E-state index >= 15 is 0 Å². The third-order valence-corrected chi connectivity index (χ3v) is 12.3. The number of sulfonamides is 2. The molecule has 1 amide bonds. The van der Waals surface area contributed by atoms with Crippen LogP contribution in [0.15, 0.2) is 86.8 Å². The lowest BCUT2D eigenvalue weighted by Crippen LogP contribution is -2.48. The highest BCUT2D eigenvalue weighted by molar-refractivity contribution is 7.94. The van der Waals surface area contributed by atoms with E-state index in [0.29, 0.717) is 27.9 Å². The van der Waals surface area contributed by atoms with Crippen molar-refractivity contribution in [2.75, 3.05) is 10.0 Å². The lowest BCUT2D eigenvalue weighted by atomic mass is 9.93. The van der Waals surface area contributed by atoms with Crippen molar-refractivity contribution in [2.24, 2.45) is 11.8 Å². The molecule has 0 spiro atoms. The first-order chi connectivity index (χ1) is 21.7. The molecule has 46 heavy (non-hydrogen) atoms. The first-order valence-corrected chi connectivity index (χ1v) is 18.2. The monoisotopic (exact) mass is 683 g/mol. The zero-order valence-corrected chi connectivity index (χ0v) is 27.8. The van der Waals surface area contributed by atoms with Gasteiger partial charge in [-0.25, -0.2) is 21.6 Å². The molecular weight excluding hydrogens is 651 g/mol. The summed E-state index contributed by atoms with van der Waals surface area (Å²) in [5.41, 5.74) is 3.18. The zero-order chi connectivity index (χ0) is 33.4. The fraction of sp³-hybridized carbons (Fsp3) is 0.250. The number of anilines is 2. The van der Waals surface area contributed by atoms with Crippen LogP contribution in [0.25, 0.3) is 16.5 Å². The van der Waals surface area contributed by atoms with Crippen molar-refractivity contribution in [2.45, 2.75) is 43.2 Å². The Hall–Kier alpha value is -4.24.